The van der Waals surface area contributed by atoms with Gasteiger partial charge in [-0.25, -0.2) is 8.42 Å². The van der Waals surface area contributed by atoms with Crippen LogP contribution in [0.25, 0.3) is 0 Å². The van der Waals surface area contributed by atoms with Crippen LogP contribution in [0.1, 0.15) is 39.2 Å². The van der Waals surface area contributed by atoms with Gasteiger partial charge >= 0.3 is 5.97 Å². The van der Waals surface area contributed by atoms with Gasteiger partial charge in [-0.2, -0.15) is 4.31 Å². The molecule has 1 aliphatic rings. The van der Waals surface area contributed by atoms with Gasteiger partial charge in [0.05, 0.1) is 17.4 Å². The largest absolute Gasteiger partial charge is 0.466 e. The van der Waals surface area contributed by atoms with E-state index in [-0.39, 0.29) is 16.8 Å². The first-order valence-electron chi connectivity index (χ1n) is 10.1. The summed E-state index contributed by atoms with van der Waals surface area (Å²) in [5, 5.41) is 3.67. The van der Waals surface area contributed by atoms with Gasteiger partial charge in [0.15, 0.2) is 5.11 Å². The number of nitrogens with zero attached hydrogens (tertiary/aromatic N) is 2. The minimum atomic E-state index is -3.55. The first-order chi connectivity index (χ1) is 13.7. The number of likely N-dealkylation sites (tertiary alicyclic amines) is 1. The van der Waals surface area contributed by atoms with Gasteiger partial charge in [0.1, 0.15) is 0 Å². The fourth-order valence-electron chi connectivity index (χ4n) is 3.42. The summed E-state index contributed by atoms with van der Waals surface area (Å²) in [6.45, 7) is 9.78. The van der Waals surface area contributed by atoms with E-state index in [1.807, 2.05) is 25.7 Å². The Bertz CT molecular complexity index is 838. The lowest BCUT2D eigenvalue weighted by Crippen LogP contribution is -2.44. The Morgan fingerprint density at radius 3 is 2.62 bits per heavy atom. The van der Waals surface area contributed by atoms with Gasteiger partial charge in [-0.3, -0.25) is 4.79 Å². The second-order valence-electron chi connectivity index (χ2n) is 7.03. The molecule has 0 spiro atoms. The van der Waals surface area contributed by atoms with E-state index >= 15 is 0 Å². The minimum absolute atomic E-state index is 0.191. The van der Waals surface area contributed by atoms with Gasteiger partial charge in [0, 0.05) is 31.9 Å². The van der Waals surface area contributed by atoms with Crippen molar-refractivity contribution in [2.75, 3.05) is 38.1 Å². The maximum atomic E-state index is 12.8. The molecule has 1 fully saturated rings. The molecule has 1 aliphatic heterocycles. The fourth-order valence-corrected chi connectivity index (χ4v) is 5.18. The molecule has 1 saturated heterocycles. The van der Waals surface area contributed by atoms with Crippen LogP contribution in [0.3, 0.4) is 0 Å². The lowest BCUT2D eigenvalue weighted by atomic mass is 9.98. The molecule has 1 N–H and O–H groups in total. The number of carbonyl (C=O) groups is 1. The number of anilines is 1. The summed E-state index contributed by atoms with van der Waals surface area (Å²) in [7, 11) is -3.55. The van der Waals surface area contributed by atoms with Crippen LogP contribution in [0, 0.1) is 12.8 Å². The van der Waals surface area contributed by atoms with Crippen LogP contribution in [-0.4, -0.2) is 61.5 Å². The van der Waals surface area contributed by atoms with Crippen molar-refractivity contribution in [2.24, 2.45) is 5.92 Å². The van der Waals surface area contributed by atoms with Crippen molar-refractivity contribution in [3.8, 4) is 0 Å². The number of rotatable bonds is 7. The van der Waals surface area contributed by atoms with Gasteiger partial charge in [-0.1, -0.05) is 19.9 Å². The summed E-state index contributed by atoms with van der Waals surface area (Å²) in [4.78, 5) is 14.3. The maximum absolute atomic E-state index is 12.8. The average Bonchev–Trinajstić information content (AvgIpc) is 2.70. The van der Waals surface area contributed by atoms with E-state index in [0.717, 1.165) is 24.9 Å². The zero-order chi connectivity index (χ0) is 21.6. The third-order valence-corrected chi connectivity index (χ3v) is 7.53. The lowest BCUT2D eigenvalue weighted by molar-refractivity contribution is -0.149. The fraction of sp³-hybridized carbons (Fsp3) is 0.600. The predicted molar refractivity (Wildman–Crippen MR) is 118 cm³/mol. The molecule has 0 aliphatic carbocycles. The molecule has 0 aromatic heterocycles. The first-order valence-corrected chi connectivity index (χ1v) is 11.9. The highest BCUT2D eigenvalue weighted by Gasteiger charge is 2.28. The Morgan fingerprint density at radius 2 is 2.00 bits per heavy atom. The van der Waals surface area contributed by atoms with Crippen LogP contribution >= 0.6 is 12.2 Å². The number of aryl methyl sites for hydroxylation is 1. The van der Waals surface area contributed by atoms with E-state index in [9.17, 15) is 13.2 Å². The van der Waals surface area contributed by atoms with Crippen molar-refractivity contribution in [3.05, 3.63) is 23.8 Å². The van der Waals surface area contributed by atoms with Gasteiger partial charge < -0.3 is 15.0 Å². The topological polar surface area (TPSA) is 79.0 Å². The number of piperidine rings is 1. The molecule has 0 amide bonds. The second-order valence-corrected chi connectivity index (χ2v) is 9.36. The minimum Gasteiger partial charge on any atom is -0.466 e. The number of thiocarbonyl (C=S) groups is 1. The van der Waals surface area contributed by atoms with Gasteiger partial charge in [-0.15, -0.1) is 0 Å². The quantitative estimate of drug-likeness (QED) is 0.515. The van der Waals surface area contributed by atoms with E-state index < -0.39 is 10.0 Å². The molecule has 1 aromatic rings. The van der Waals surface area contributed by atoms with Crippen molar-refractivity contribution < 1.29 is 17.9 Å². The van der Waals surface area contributed by atoms with Crippen LogP contribution < -0.4 is 5.32 Å². The average molecular weight is 442 g/mol. The summed E-state index contributed by atoms with van der Waals surface area (Å²) >= 11 is 5.56. The molecule has 162 valence electrons. The number of carbonyl (C=O) groups excluding carboxylic acids is 1. The molecule has 1 aromatic carbocycles. The zero-order valence-electron chi connectivity index (χ0n) is 17.6. The van der Waals surface area contributed by atoms with Gasteiger partial charge in [0.2, 0.25) is 10.0 Å². The number of hydrogen-bond donors (Lipinski definition) is 1. The number of ether oxygens (including phenoxy) is 1. The molecule has 7 nitrogen and oxygen atoms in total. The van der Waals surface area contributed by atoms with Crippen LogP contribution in [-0.2, 0) is 19.6 Å². The van der Waals surface area contributed by atoms with Crippen molar-refractivity contribution in [1.82, 2.24) is 9.21 Å². The Hall–Kier alpha value is -1.71. The number of hydrogen-bond acceptors (Lipinski definition) is 5. The van der Waals surface area contributed by atoms with E-state index in [2.05, 4.69) is 5.32 Å². The molecule has 2 rings (SSSR count). The predicted octanol–water partition coefficient (Wildman–Crippen LogP) is 3.00. The highest BCUT2D eigenvalue weighted by atomic mass is 32.2. The summed E-state index contributed by atoms with van der Waals surface area (Å²) in [6, 6.07) is 5.02. The molecule has 0 unspecified atom stereocenters. The number of sulfonamides is 1. The number of benzene rings is 1. The number of esters is 1. The SMILES string of the molecule is CCOC(=O)[C@@H]1CCCN(C(=S)Nc2cc(S(=O)(=O)N(CC)CC)ccc2C)C1. The van der Waals surface area contributed by atoms with E-state index in [1.165, 1.54) is 4.31 Å². The highest BCUT2D eigenvalue weighted by Crippen LogP contribution is 2.24. The molecule has 29 heavy (non-hydrogen) atoms. The standard InChI is InChI=1S/C20H31N3O4S2/c1-5-23(6-2)29(25,26)17-11-10-15(4)18(13-17)21-20(28)22-12-8-9-16(14-22)19(24)27-7-3/h10-11,13,16H,5-9,12,14H2,1-4H3,(H,21,28)/t16-/m1/s1. The second kappa shape index (κ2) is 10.4. The van der Waals surface area contributed by atoms with Crippen LogP contribution in [0.4, 0.5) is 5.69 Å². The summed E-state index contributed by atoms with van der Waals surface area (Å²) in [5.41, 5.74) is 1.55. The first kappa shape index (κ1) is 23.6. The summed E-state index contributed by atoms with van der Waals surface area (Å²) in [5.74, 6) is -0.387. The molecule has 0 radical (unpaired) electrons. The third kappa shape index (κ3) is 5.67. The van der Waals surface area contributed by atoms with Gasteiger partial charge in [-0.05, 0) is 56.6 Å². The molecular formula is C20H31N3O4S2. The van der Waals surface area contributed by atoms with E-state index in [4.69, 9.17) is 17.0 Å². The molecule has 1 atom stereocenters. The van der Waals surface area contributed by atoms with Crippen LogP contribution in [0.5, 0.6) is 0 Å². The van der Waals surface area contributed by atoms with Crippen molar-refractivity contribution >= 4 is 39.0 Å². The highest BCUT2D eigenvalue weighted by molar-refractivity contribution is 7.89. The molecule has 9 heteroatoms. The molecular weight excluding hydrogens is 410 g/mol. The Balaban J connectivity index is 2.17. The maximum Gasteiger partial charge on any atom is 0.310 e. The van der Waals surface area contributed by atoms with Crippen molar-refractivity contribution in [3.63, 3.8) is 0 Å². The third-order valence-electron chi connectivity index (χ3n) is 5.12. The monoisotopic (exact) mass is 441 g/mol. The summed E-state index contributed by atoms with van der Waals surface area (Å²) < 4.78 is 32.2. The zero-order valence-corrected chi connectivity index (χ0v) is 19.2. The smallest absolute Gasteiger partial charge is 0.310 e. The van der Waals surface area contributed by atoms with Crippen molar-refractivity contribution in [2.45, 2.75) is 45.4 Å². The van der Waals surface area contributed by atoms with E-state index in [0.29, 0.717) is 37.0 Å². The number of nitrogens with one attached hydrogen (secondary N) is 1. The van der Waals surface area contributed by atoms with E-state index in [1.54, 1.807) is 25.1 Å². The Kier molecular flexibility index (Phi) is 8.42. The van der Waals surface area contributed by atoms with Crippen LogP contribution in [0.2, 0.25) is 0 Å². The molecule has 1 heterocycles. The lowest BCUT2D eigenvalue weighted by Gasteiger charge is -2.33. The van der Waals surface area contributed by atoms with Crippen molar-refractivity contribution in [1.29, 1.82) is 0 Å². The normalized spacial score (nSPS) is 17.3. The molecule has 0 bridgehead atoms. The van der Waals surface area contributed by atoms with Crippen LogP contribution in [0.15, 0.2) is 23.1 Å². The molecule has 0 saturated carbocycles. The van der Waals surface area contributed by atoms with Gasteiger partial charge in [0.25, 0.3) is 0 Å². The Labute approximate surface area is 179 Å². The Morgan fingerprint density at radius 1 is 1.31 bits per heavy atom. The summed E-state index contributed by atoms with van der Waals surface area (Å²) in [6.07, 6.45) is 1.63.